The van der Waals surface area contributed by atoms with Crippen molar-refractivity contribution in [3.63, 3.8) is 0 Å². The van der Waals surface area contributed by atoms with Crippen LogP contribution in [0.2, 0.25) is 0 Å². The van der Waals surface area contributed by atoms with Crippen molar-refractivity contribution in [2.75, 3.05) is 0 Å². The molecule has 0 aliphatic heterocycles. The third kappa shape index (κ3) is 1.81. The van der Waals surface area contributed by atoms with Gasteiger partial charge in [0.25, 0.3) is 0 Å². The Labute approximate surface area is 78.6 Å². The van der Waals surface area contributed by atoms with Crippen LogP contribution in [0.3, 0.4) is 0 Å². The van der Waals surface area contributed by atoms with Gasteiger partial charge in [0.15, 0.2) is 10.6 Å². The lowest BCUT2D eigenvalue weighted by Gasteiger charge is -1.95. The topological polar surface area (TPSA) is 72.5 Å². The lowest BCUT2D eigenvalue weighted by atomic mass is 10.4. The zero-order valence-electron chi connectivity index (χ0n) is 6.67. The molecule has 2 aromatic rings. The lowest BCUT2D eigenvalue weighted by Crippen LogP contribution is -2.01. The van der Waals surface area contributed by atoms with Gasteiger partial charge in [0.2, 0.25) is 6.39 Å². The predicted octanol–water partition coefficient (Wildman–Crippen LogP) is 0.566. The number of hydrogen-bond acceptors (Lipinski definition) is 5. The average Bonchev–Trinajstić information content (AvgIpc) is 2.72. The maximum absolute atomic E-state index is 4.96. The summed E-state index contributed by atoms with van der Waals surface area (Å²) in [5.41, 5.74) is 0. The molecule has 0 aliphatic carbocycles. The van der Waals surface area contributed by atoms with Crippen LogP contribution in [0, 0.1) is 4.77 Å². The summed E-state index contributed by atoms with van der Waals surface area (Å²) in [6.07, 6.45) is 3.64. The van der Waals surface area contributed by atoms with Gasteiger partial charge in [-0.3, -0.25) is 5.10 Å². The van der Waals surface area contributed by atoms with E-state index in [0.29, 0.717) is 23.6 Å². The van der Waals surface area contributed by atoms with Crippen LogP contribution in [0.1, 0.15) is 5.82 Å². The highest BCUT2D eigenvalue weighted by molar-refractivity contribution is 7.71. The van der Waals surface area contributed by atoms with Gasteiger partial charge in [-0.05, 0) is 12.2 Å². The highest BCUT2D eigenvalue weighted by Crippen LogP contribution is 1.94. The van der Waals surface area contributed by atoms with Crippen LogP contribution >= 0.6 is 12.2 Å². The number of rotatable bonds is 3. The minimum absolute atomic E-state index is 0.600. The molecule has 0 atom stereocenters. The molecule has 2 aromatic heterocycles. The Morgan fingerprint density at radius 1 is 1.62 bits per heavy atom. The molecule has 0 radical (unpaired) electrons. The summed E-state index contributed by atoms with van der Waals surface area (Å²) in [5.74, 6) is 0.670. The van der Waals surface area contributed by atoms with Gasteiger partial charge in [-0.2, -0.15) is 10.1 Å². The van der Waals surface area contributed by atoms with E-state index in [2.05, 4.69) is 24.9 Å². The second-order valence-electron chi connectivity index (χ2n) is 2.45. The van der Waals surface area contributed by atoms with Gasteiger partial charge in [-0.25, -0.2) is 0 Å². The van der Waals surface area contributed by atoms with Gasteiger partial charge < -0.3 is 9.09 Å². The Bertz CT molecular complexity index is 416. The summed E-state index contributed by atoms with van der Waals surface area (Å²) < 4.78 is 7.01. The molecule has 0 amide bonds. The van der Waals surface area contributed by atoms with Gasteiger partial charge in [0.1, 0.15) is 6.33 Å². The van der Waals surface area contributed by atoms with Crippen LogP contribution in [0.5, 0.6) is 0 Å². The van der Waals surface area contributed by atoms with Crippen LogP contribution in [-0.2, 0) is 13.0 Å². The van der Waals surface area contributed by atoms with Crippen LogP contribution in [0.15, 0.2) is 17.2 Å². The van der Waals surface area contributed by atoms with Crippen molar-refractivity contribution in [3.8, 4) is 0 Å². The fourth-order valence-corrected chi connectivity index (χ4v) is 1.14. The normalized spacial score (nSPS) is 10.5. The van der Waals surface area contributed by atoms with E-state index in [1.165, 1.54) is 6.39 Å². The van der Waals surface area contributed by atoms with Gasteiger partial charge in [-0.15, -0.1) is 0 Å². The van der Waals surface area contributed by atoms with Crippen LogP contribution < -0.4 is 0 Å². The van der Waals surface area contributed by atoms with E-state index in [4.69, 9.17) is 12.2 Å². The quantitative estimate of drug-likeness (QED) is 0.728. The molecular weight excluding hydrogens is 190 g/mol. The Balaban J connectivity index is 2.01. The molecule has 0 saturated carbocycles. The number of aromatic nitrogens is 5. The van der Waals surface area contributed by atoms with E-state index >= 15 is 0 Å². The zero-order valence-corrected chi connectivity index (χ0v) is 7.49. The fourth-order valence-electron chi connectivity index (χ4n) is 0.953. The van der Waals surface area contributed by atoms with Crippen molar-refractivity contribution < 1.29 is 4.52 Å². The Morgan fingerprint density at radius 3 is 3.15 bits per heavy atom. The van der Waals surface area contributed by atoms with Crippen molar-refractivity contribution in [2.24, 2.45) is 0 Å². The summed E-state index contributed by atoms with van der Waals surface area (Å²) >= 11 is 4.96. The highest BCUT2D eigenvalue weighted by atomic mass is 32.1. The lowest BCUT2D eigenvalue weighted by molar-refractivity contribution is 0.408. The van der Waals surface area contributed by atoms with E-state index in [-0.39, 0.29) is 0 Å². The van der Waals surface area contributed by atoms with E-state index in [1.54, 1.807) is 6.33 Å². The summed E-state index contributed by atoms with van der Waals surface area (Å²) in [6.45, 7) is 0.703. The molecule has 0 bridgehead atoms. The minimum atomic E-state index is 0.600. The molecule has 1 N–H and O–H groups in total. The number of aryl methyl sites for hydroxylation is 2. The molecule has 2 heterocycles. The molecular formula is C6H7N5OS. The van der Waals surface area contributed by atoms with E-state index in [1.807, 2.05) is 4.57 Å². The fraction of sp³-hybridized carbons (Fsp3) is 0.333. The first kappa shape index (κ1) is 8.11. The third-order valence-electron chi connectivity index (χ3n) is 1.60. The zero-order chi connectivity index (χ0) is 9.10. The summed E-state index contributed by atoms with van der Waals surface area (Å²) in [6, 6.07) is 0. The monoisotopic (exact) mass is 197 g/mol. The molecule has 0 unspecified atom stereocenters. The standard InChI is InChI=1S/C6H7N5OS/c13-6-9-8-3-11(6)2-1-5-7-4-12-10-5/h3-4H,1-2H2,(H,9,13). The molecule has 0 saturated heterocycles. The molecule has 0 spiro atoms. The van der Waals surface area contributed by atoms with E-state index in [0.717, 1.165) is 0 Å². The Morgan fingerprint density at radius 2 is 2.54 bits per heavy atom. The second kappa shape index (κ2) is 3.48. The van der Waals surface area contributed by atoms with Crippen LogP contribution in [0.25, 0.3) is 0 Å². The van der Waals surface area contributed by atoms with Crippen molar-refractivity contribution in [3.05, 3.63) is 23.3 Å². The minimum Gasteiger partial charge on any atom is -0.343 e. The Hall–Kier alpha value is -1.50. The SMILES string of the molecule is S=c1[nH]ncn1CCc1ncon1. The van der Waals surface area contributed by atoms with Crippen molar-refractivity contribution in [1.82, 2.24) is 24.9 Å². The summed E-state index contributed by atoms with van der Waals surface area (Å²) in [7, 11) is 0. The summed E-state index contributed by atoms with van der Waals surface area (Å²) in [5, 5.41) is 10.1. The van der Waals surface area contributed by atoms with E-state index < -0.39 is 0 Å². The first-order valence-electron chi connectivity index (χ1n) is 3.71. The van der Waals surface area contributed by atoms with Crippen LogP contribution in [0.4, 0.5) is 0 Å². The third-order valence-corrected chi connectivity index (χ3v) is 1.93. The molecule has 68 valence electrons. The summed E-state index contributed by atoms with van der Waals surface area (Å²) in [4.78, 5) is 3.89. The van der Waals surface area contributed by atoms with Crippen molar-refractivity contribution in [2.45, 2.75) is 13.0 Å². The van der Waals surface area contributed by atoms with Gasteiger partial charge in [0, 0.05) is 13.0 Å². The largest absolute Gasteiger partial charge is 0.343 e. The van der Waals surface area contributed by atoms with E-state index in [9.17, 15) is 0 Å². The molecule has 0 aliphatic rings. The van der Waals surface area contributed by atoms with Crippen LogP contribution in [-0.4, -0.2) is 24.9 Å². The van der Waals surface area contributed by atoms with Gasteiger partial charge in [-0.1, -0.05) is 5.16 Å². The number of nitrogens with one attached hydrogen (secondary N) is 1. The molecule has 13 heavy (non-hydrogen) atoms. The van der Waals surface area contributed by atoms with Gasteiger partial charge in [0.05, 0.1) is 0 Å². The molecule has 2 rings (SSSR count). The Kier molecular flexibility index (Phi) is 2.17. The number of hydrogen-bond donors (Lipinski definition) is 1. The smallest absolute Gasteiger partial charge is 0.213 e. The molecule has 6 nitrogen and oxygen atoms in total. The number of nitrogens with zero attached hydrogens (tertiary/aromatic N) is 4. The molecule has 7 heteroatoms. The number of aromatic amines is 1. The molecule has 0 aromatic carbocycles. The second-order valence-corrected chi connectivity index (χ2v) is 2.84. The first-order chi connectivity index (χ1) is 6.36. The van der Waals surface area contributed by atoms with Gasteiger partial charge >= 0.3 is 0 Å². The van der Waals surface area contributed by atoms with Crippen molar-refractivity contribution in [1.29, 1.82) is 0 Å². The van der Waals surface area contributed by atoms with Crippen molar-refractivity contribution >= 4 is 12.2 Å². The highest BCUT2D eigenvalue weighted by Gasteiger charge is 1.99. The maximum Gasteiger partial charge on any atom is 0.213 e. The predicted molar refractivity (Wildman–Crippen MR) is 45.4 cm³/mol. The molecule has 0 fully saturated rings. The maximum atomic E-state index is 4.96. The average molecular weight is 197 g/mol. The first-order valence-corrected chi connectivity index (χ1v) is 4.12. The number of H-pyrrole nitrogens is 1.